The summed E-state index contributed by atoms with van der Waals surface area (Å²) in [4.78, 5) is 10.7. The fourth-order valence-corrected chi connectivity index (χ4v) is 0.707. The molecule has 1 amide bonds. The van der Waals surface area contributed by atoms with Gasteiger partial charge in [-0.2, -0.15) is 0 Å². The standard InChI is InChI=1S/C8H17NO/c1-4-7(2)5-6-8(10)9-3/h7H,4-6H2,1-3H3,(H,9,10). The third-order valence-electron chi connectivity index (χ3n) is 1.84. The van der Waals surface area contributed by atoms with Crippen LogP contribution in [0.2, 0.25) is 0 Å². The highest BCUT2D eigenvalue weighted by Crippen LogP contribution is 2.08. The smallest absolute Gasteiger partial charge is 0.219 e. The van der Waals surface area contributed by atoms with Crippen molar-refractivity contribution in [2.24, 2.45) is 5.92 Å². The number of hydrogen-bond donors (Lipinski definition) is 1. The van der Waals surface area contributed by atoms with Crippen LogP contribution in [0.3, 0.4) is 0 Å². The molecule has 0 saturated heterocycles. The van der Waals surface area contributed by atoms with Gasteiger partial charge in [-0.05, 0) is 12.3 Å². The first kappa shape index (κ1) is 9.47. The summed E-state index contributed by atoms with van der Waals surface area (Å²) >= 11 is 0. The summed E-state index contributed by atoms with van der Waals surface area (Å²) in [5.41, 5.74) is 0. The summed E-state index contributed by atoms with van der Waals surface area (Å²) in [7, 11) is 1.68. The van der Waals surface area contributed by atoms with Crippen LogP contribution in [0.1, 0.15) is 33.1 Å². The highest BCUT2D eigenvalue weighted by atomic mass is 16.1. The van der Waals surface area contributed by atoms with Crippen LogP contribution in [0.4, 0.5) is 0 Å². The van der Waals surface area contributed by atoms with Gasteiger partial charge < -0.3 is 5.32 Å². The maximum Gasteiger partial charge on any atom is 0.219 e. The molecule has 0 bridgehead atoms. The Kier molecular flexibility index (Phi) is 4.99. The van der Waals surface area contributed by atoms with E-state index in [4.69, 9.17) is 0 Å². The summed E-state index contributed by atoms with van der Waals surface area (Å²) in [6.45, 7) is 4.32. The van der Waals surface area contributed by atoms with Gasteiger partial charge >= 0.3 is 0 Å². The second-order valence-electron chi connectivity index (χ2n) is 2.73. The Morgan fingerprint density at radius 2 is 2.20 bits per heavy atom. The van der Waals surface area contributed by atoms with Gasteiger partial charge in [0.15, 0.2) is 0 Å². The van der Waals surface area contributed by atoms with Crippen molar-refractivity contribution in [2.75, 3.05) is 7.05 Å². The fourth-order valence-electron chi connectivity index (χ4n) is 0.707. The Labute approximate surface area is 63.0 Å². The van der Waals surface area contributed by atoms with E-state index >= 15 is 0 Å². The minimum absolute atomic E-state index is 0.153. The topological polar surface area (TPSA) is 29.1 Å². The normalized spacial score (nSPS) is 12.7. The van der Waals surface area contributed by atoms with E-state index in [9.17, 15) is 4.79 Å². The van der Waals surface area contributed by atoms with E-state index in [1.165, 1.54) is 0 Å². The molecule has 1 unspecified atom stereocenters. The molecule has 60 valence electrons. The lowest BCUT2D eigenvalue weighted by atomic mass is 10.0. The zero-order valence-corrected chi connectivity index (χ0v) is 7.11. The summed E-state index contributed by atoms with van der Waals surface area (Å²) in [5.74, 6) is 0.831. The molecule has 0 aromatic heterocycles. The van der Waals surface area contributed by atoms with E-state index in [0.717, 1.165) is 12.8 Å². The molecule has 2 nitrogen and oxygen atoms in total. The van der Waals surface area contributed by atoms with Gasteiger partial charge in [-0.3, -0.25) is 4.79 Å². The largest absolute Gasteiger partial charge is 0.359 e. The Balaban J connectivity index is 3.26. The molecular formula is C8H17NO. The van der Waals surface area contributed by atoms with Gasteiger partial charge in [0.25, 0.3) is 0 Å². The first-order chi connectivity index (χ1) is 4.70. The number of hydrogen-bond acceptors (Lipinski definition) is 1. The molecular weight excluding hydrogens is 126 g/mol. The molecule has 0 aliphatic carbocycles. The van der Waals surface area contributed by atoms with Crippen LogP contribution >= 0.6 is 0 Å². The maximum absolute atomic E-state index is 10.7. The molecule has 0 fully saturated rings. The Hall–Kier alpha value is -0.530. The van der Waals surface area contributed by atoms with E-state index in [-0.39, 0.29) is 5.91 Å². The summed E-state index contributed by atoms with van der Waals surface area (Å²) in [5, 5.41) is 2.61. The molecule has 0 aliphatic heterocycles. The van der Waals surface area contributed by atoms with Gasteiger partial charge in [-0.25, -0.2) is 0 Å². The van der Waals surface area contributed by atoms with E-state index in [2.05, 4.69) is 19.2 Å². The molecule has 1 N–H and O–H groups in total. The summed E-state index contributed by atoms with van der Waals surface area (Å²) < 4.78 is 0. The molecule has 0 rings (SSSR count). The maximum atomic E-state index is 10.7. The quantitative estimate of drug-likeness (QED) is 0.635. The van der Waals surface area contributed by atoms with Crippen molar-refractivity contribution < 1.29 is 4.79 Å². The highest BCUT2D eigenvalue weighted by molar-refractivity contribution is 5.75. The number of nitrogens with one attached hydrogen (secondary N) is 1. The monoisotopic (exact) mass is 143 g/mol. The van der Waals surface area contributed by atoms with Gasteiger partial charge in [0, 0.05) is 13.5 Å². The van der Waals surface area contributed by atoms with Crippen molar-refractivity contribution >= 4 is 5.91 Å². The summed E-state index contributed by atoms with van der Waals surface area (Å²) in [6.07, 6.45) is 2.85. The molecule has 2 heteroatoms. The number of rotatable bonds is 4. The van der Waals surface area contributed by atoms with Crippen molar-refractivity contribution in [1.29, 1.82) is 0 Å². The van der Waals surface area contributed by atoms with Gasteiger partial charge in [-0.1, -0.05) is 20.3 Å². The fraction of sp³-hybridized carbons (Fsp3) is 0.875. The number of carbonyl (C=O) groups is 1. The van der Waals surface area contributed by atoms with Crippen LogP contribution in [0.5, 0.6) is 0 Å². The first-order valence-corrected chi connectivity index (χ1v) is 3.91. The Morgan fingerprint density at radius 1 is 1.60 bits per heavy atom. The van der Waals surface area contributed by atoms with Gasteiger partial charge in [0.1, 0.15) is 0 Å². The second-order valence-corrected chi connectivity index (χ2v) is 2.73. The lowest BCUT2D eigenvalue weighted by Crippen LogP contribution is -2.17. The Bertz CT molecular complexity index is 101. The van der Waals surface area contributed by atoms with Crippen molar-refractivity contribution in [1.82, 2.24) is 5.32 Å². The zero-order chi connectivity index (χ0) is 7.98. The van der Waals surface area contributed by atoms with Crippen LogP contribution in [0.15, 0.2) is 0 Å². The van der Waals surface area contributed by atoms with Gasteiger partial charge in [-0.15, -0.1) is 0 Å². The SMILES string of the molecule is CCC(C)CCC(=O)NC. The van der Waals surface area contributed by atoms with E-state index in [1.807, 2.05) is 0 Å². The van der Waals surface area contributed by atoms with Crippen LogP contribution < -0.4 is 5.32 Å². The predicted molar refractivity (Wildman–Crippen MR) is 42.8 cm³/mol. The third-order valence-corrected chi connectivity index (χ3v) is 1.84. The third kappa shape index (κ3) is 4.36. The van der Waals surface area contributed by atoms with E-state index in [1.54, 1.807) is 7.05 Å². The lowest BCUT2D eigenvalue weighted by molar-refractivity contribution is -0.120. The molecule has 0 spiro atoms. The molecule has 0 saturated carbocycles. The molecule has 0 aromatic carbocycles. The molecule has 0 aliphatic rings. The second kappa shape index (κ2) is 5.27. The van der Waals surface area contributed by atoms with Gasteiger partial charge in [0.2, 0.25) is 5.91 Å². The first-order valence-electron chi connectivity index (χ1n) is 3.91. The van der Waals surface area contributed by atoms with Crippen molar-refractivity contribution in [3.8, 4) is 0 Å². The van der Waals surface area contributed by atoms with E-state index in [0.29, 0.717) is 12.3 Å². The zero-order valence-electron chi connectivity index (χ0n) is 7.11. The van der Waals surface area contributed by atoms with Crippen LogP contribution in [-0.4, -0.2) is 13.0 Å². The molecule has 0 radical (unpaired) electrons. The average Bonchev–Trinajstić information content (AvgIpc) is 1.99. The Morgan fingerprint density at radius 3 is 2.60 bits per heavy atom. The minimum atomic E-state index is 0.153. The highest BCUT2D eigenvalue weighted by Gasteiger charge is 2.01. The van der Waals surface area contributed by atoms with Crippen LogP contribution in [-0.2, 0) is 4.79 Å². The van der Waals surface area contributed by atoms with E-state index < -0.39 is 0 Å². The molecule has 0 aromatic rings. The summed E-state index contributed by atoms with van der Waals surface area (Å²) in [6, 6.07) is 0. The van der Waals surface area contributed by atoms with Crippen molar-refractivity contribution in [3.63, 3.8) is 0 Å². The minimum Gasteiger partial charge on any atom is -0.359 e. The molecule has 10 heavy (non-hydrogen) atoms. The van der Waals surface area contributed by atoms with Gasteiger partial charge in [0.05, 0.1) is 0 Å². The number of amides is 1. The van der Waals surface area contributed by atoms with Crippen LogP contribution in [0.25, 0.3) is 0 Å². The van der Waals surface area contributed by atoms with Crippen molar-refractivity contribution in [2.45, 2.75) is 33.1 Å². The number of carbonyl (C=O) groups excluding carboxylic acids is 1. The molecule has 1 atom stereocenters. The predicted octanol–water partition coefficient (Wildman–Crippen LogP) is 1.56. The average molecular weight is 143 g/mol. The van der Waals surface area contributed by atoms with Crippen molar-refractivity contribution in [3.05, 3.63) is 0 Å². The lowest BCUT2D eigenvalue weighted by Gasteiger charge is -2.05. The molecule has 0 heterocycles. The van der Waals surface area contributed by atoms with Crippen LogP contribution in [0, 0.1) is 5.92 Å².